The second kappa shape index (κ2) is 4.94. The predicted octanol–water partition coefficient (Wildman–Crippen LogP) is 3.34. The van der Waals surface area contributed by atoms with Crippen LogP contribution in [0.1, 0.15) is 15.9 Å². The molecular formula is C10H10Br2O2. The highest BCUT2D eigenvalue weighted by Crippen LogP contribution is 2.30. The largest absolute Gasteiger partial charge is 0.496 e. The van der Waals surface area contributed by atoms with Gasteiger partial charge in [0.25, 0.3) is 0 Å². The number of carbonyl (C=O) groups is 1. The molecule has 1 aromatic rings. The molecule has 0 aliphatic rings. The summed E-state index contributed by atoms with van der Waals surface area (Å²) in [5, 5.41) is 0.318. The molecule has 0 spiro atoms. The lowest BCUT2D eigenvalue weighted by Crippen LogP contribution is -2.03. The van der Waals surface area contributed by atoms with Crippen LogP contribution in [0.2, 0.25) is 0 Å². The third-order valence-corrected chi connectivity index (χ3v) is 3.15. The highest BCUT2D eigenvalue weighted by Gasteiger charge is 2.13. The maximum atomic E-state index is 11.5. The van der Waals surface area contributed by atoms with Gasteiger partial charge >= 0.3 is 0 Å². The van der Waals surface area contributed by atoms with Crippen LogP contribution in [0.4, 0.5) is 0 Å². The van der Waals surface area contributed by atoms with E-state index in [2.05, 4.69) is 31.9 Å². The molecule has 0 aliphatic carbocycles. The molecule has 0 radical (unpaired) electrons. The van der Waals surface area contributed by atoms with E-state index in [1.54, 1.807) is 7.11 Å². The molecule has 1 rings (SSSR count). The Labute approximate surface area is 99.9 Å². The monoisotopic (exact) mass is 320 g/mol. The Morgan fingerprint density at radius 2 is 2.14 bits per heavy atom. The van der Waals surface area contributed by atoms with Crippen molar-refractivity contribution in [1.82, 2.24) is 0 Å². The summed E-state index contributed by atoms with van der Waals surface area (Å²) in [5.74, 6) is 0.730. The maximum Gasteiger partial charge on any atom is 0.174 e. The van der Waals surface area contributed by atoms with E-state index in [9.17, 15) is 4.79 Å². The summed E-state index contributed by atoms with van der Waals surface area (Å²) in [4.78, 5) is 11.5. The Morgan fingerprint density at radius 3 is 2.64 bits per heavy atom. The fourth-order valence-corrected chi connectivity index (χ4v) is 2.07. The van der Waals surface area contributed by atoms with Crippen molar-refractivity contribution in [3.8, 4) is 5.75 Å². The van der Waals surface area contributed by atoms with Crippen molar-refractivity contribution in [2.75, 3.05) is 12.4 Å². The molecule has 0 saturated heterocycles. The zero-order valence-corrected chi connectivity index (χ0v) is 11.1. The van der Waals surface area contributed by atoms with Gasteiger partial charge in [-0.25, -0.2) is 0 Å². The molecule has 0 unspecified atom stereocenters. The van der Waals surface area contributed by atoms with Gasteiger partial charge in [-0.2, -0.15) is 0 Å². The number of methoxy groups -OCH3 is 1. The molecule has 0 amide bonds. The second-order valence-corrected chi connectivity index (χ2v) is 4.24. The van der Waals surface area contributed by atoms with Crippen molar-refractivity contribution in [1.29, 1.82) is 0 Å². The third-order valence-electron chi connectivity index (χ3n) is 1.83. The van der Waals surface area contributed by atoms with E-state index in [-0.39, 0.29) is 5.78 Å². The Morgan fingerprint density at radius 1 is 1.50 bits per heavy atom. The zero-order valence-electron chi connectivity index (χ0n) is 7.93. The number of rotatable bonds is 3. The summed E-state index contributed by atoms with van der Waals surface area (Å²) in [6.07, 6.45) is 0. The number of alkyl halides is 1. The van der Waals surface area contributed by atoms with Crippen LogP contribution in [-0.4, -0.2) is 18.2 Å². The molecule has 14 heavy (non-hydrogen) atoms. The summed E-state index contributed by atoms with van der Waals surface area (Å²) < 4.78 is 5.86. The summed E-state index contributed by atoms with van der Waals surface area (Å²) in [6.45, 7) is 1.93. The number of carbonyl (C=O) groups excluding carboxylic acids is 1. The molecule has 0 saturated carbocycles. The highest BCUT2D eigenvalue weighted by atomic mass is 79.9. The molecule has 2 nitrogen and oxygen atoms in total. The van der Waals surface area contributed by atoms with Crippen LogP contribution in [-0.2, 0) is 0 Å². The maximum absolute atomic E-state index is 11.5. The van der Waals surface area contributed by atoms with Gasteiger partial charge in [-0.3, -0.25) is 4.79 Å². The lowest BCUT2D eigenvalue weighted by atomic mass is 10.1. The number of halogens is 2. The summed E-state index contributed by atoms with van der Waals surface area (Å²) in [5.41, 5.74) is 1.66. The zero-order chi connectivity index (χ0) is 10.7. The molecule has 0 N–H and O–H groups in total. The molecule has 1 aromatic carbocycles. The first-order chi connectivity index (χ1) is 6.60. The number of hydrogen-bond acceptors (Lipinski definition) is 2. The van der Waals surface area contributed by atoms with Gasteiger partial charge in [-0.15, -0.1) is 0 Å². The lowest BCUT2D eigenvalue weighted by Gasteiger charge is -2.08. The molecular weight excluding hydrogens is 312 g/mol. The van der Waals surface area contributed by atoms with E-state index in [1.807, 2.05) is 19.1 Å². The average molecular weight is 322 g/mol. The van der Waals surface area contributed by atoms with Crippen molar-refractivity contribution in [2.45, 2.75) is 6.92 Å². The third kappa shape index (κ3) is 2.36. The molecule has 0 bridgehead atoms. The van der Waals surface area contributed by atoms with E-state index in [0.717, 1.165) is 10.0 Å². The van der Waals surface area contributed by atoms with Crippen molar-refractivity contribution in [3.05, 3.63) is 27.7 Å². The topological polar surface area (TPSA) is 26.3 Å². The van der Waals surface area contributed by atoms with Crippen molar-refractivity contribution in [2.24, 2.45) is 0 Å². The lowest BCUT2D eigenvalue weighted by molar-refractivity contribution is 0.102. The SMILES string of the molecule is COc1cc(C)cc(C(=O)CBr)c1Br. The number of hydrogen-bond donors (Lipinski definition) is 0. The van der Waals surface area contributed by atoms with Crippen LogP contribution in [0.5, 0.6) is 5.75 Å². The molecule has 4 heteroatoms. The first kappa shape index (κ1) is 11.7. The number of benzene rings is 1. The normalized spacial score (nSPS) is 10.0. The van der Waals surface area contributed by atoms with Crippen LogP contribution in [0.3, 0.4) is 0 Å². The average Bonchev–Trinajstić information content (AvgIpc) is 2.19. The Hall–Kier alpha value is -0.350. The van der Waals surface area contributed by atoms with E-state index in [0.29, 0.717) is 16.6 Å². The van der Waals surface area contributed by atoms with Crippen LogP contribution in [0.25, 0.3) is 0 Å². The minimum absolute atomic E-state index is 0.0406. The van der Waals surface area contributed by atoms with E-state index >= 15 is 0 Å². The number of ether oxygens (including phenoxy) is 1. The second-order valence-electron chi connectivity index (χ2n) is 2.89. The molecule has 0 heterocycles. The fraction of sp³-hybridized carbons (Fsp3) is 0.300. The highest BCUT2D eigenvalue weighted by molar-refractivity contribution is 9.10. The minimum atomic E-state index is 0.0406. The fourth-order valence-electron chi connectivity index (χ4n) is 1.16. The summed E-state index contributed by atoms with van der Waals surface area (Å²) in [7, 11) is 1.59. The van der Waals surface area contributed by atoms with Crippen LogP contribution < -0.4 is 4.74 Å². The van der Waals surface area contributed by atoms with Crippen LogP contribution >= 0.6 is 31.9 Å². The standard InChI is InChI=1S/C10H10Br2O2/c1-6-3-7(8(13)5-11)10(12)9(4-6)14-2/h3-4H,5H2,1-2H3. The van der Waals surface area contributed by atoms with E-state index in [4.69, 9.17) is 4.74 Å². The smallest absolute Gasteiger partial charge is 0.174 e. The molecule has 0 aliphatic heterocycles. The summed E-state index contributed by atoms with van der Waals surface area (Å²) in [6, 6.07) is 3.73. The van der Waals surface area contributed by atoms with Crippen molar-refractivity contribution in [3.63, 3.8) is 0 Å². The van der Waals surface area contributed by atoms with E-state index < -0.39 is 0 Å². The number of Topliss-reactive ketones (excluding diaryl/α,β-unsaturated/α-hetero) is 1. The minimum Gasteiger partial charge on any atom is -0.496 e. The summed E-state index contributed by atoms with van der Waals surface area (Å²) >= 11 is 6.50. The van der Waals surface area contributed by atoms with Crippen molar-refractivity contribution >= 4 is 37.6 Å². The Balaban J connectivity index is 3.29. The first-order valence-electron chi connectivity index (χ1n) is 4.03. The van der Waals surface area contributed by atoms with Gasteiger partial charge in [0.1, 0.15) is 5.75 Å². The van der Waals surface area contributed by atoms with Gasteiger partial charge in [-0.1, -0.05) is 15.9 Å². The molecule has 0 aromatic heterocycles. The van der Waals surface area contributed by atoms with Gasteiger partial charge in [-0.05, 0) is 40.5 Å². The van der Waals surface area contributed by atoms with Crippen LogP contribution in [0.15, 0.2) is 16.6 Å². The van der Waals surface area contributed by atoms with Gasteiger partial charge in [0.15, 0.2) is 5.78 Å². The van der Waals surface area contributed by atoms with Gasteiger partial charge in [0.2, 0.25) is 0 Å². The Bertz CT molecular complexity index is 361. The molecule has 0 fully saturated rings. The first-order valence-corrected chi connectivity index (χ1v) is 5.95. The van der Waals surface area contributed by atoms with Crippen LogP contribution in [0, 0.1) is 6.92 Å². The van der Waals surface area contributed by atoms with Crippen molar-refractivity contribution < 1.29 is 9.53 Å². The molecule has 0 atom stereocenters. The molecule has 76 valence electrons. The van der Waals surface area contributed by atoms with Gasteiger partial charge in [0.05, 0.1) is 16.9 Å². The number of aryl methyl sites for hydroxylation is 1. The van der Waals surface area contributed by atoms with Gasteiger partial charge in [0, 0.05) is 5.56 Å². The quantitative estimate of drug-likeness (QED) is 0.630. The Kier molecular flexibility index (Phi) is 4.13. The van der Waals surface area contributed by atoms with Gasteiger partial charge < -0.3 is 4.74 Å². The number of ketones is 1. The predicted molar refractivity (Wildman–Crippen MR) is 63.6 cm³/mol. The van der Waals surface area contributed by atoms with E-state index in [1.165, 1.54) is 0 Å².